The molecule has 2 amide bonds. The van der Waals surface area contributed by atoms with Crippen molar-refractivity contribution in [2.24, 2.45) is 0 Å². The van der Waals surface area contributed by atoms with Gasteiger partial charge in [0.15, 0.2) is 0 Å². The van der Waals surface area contributed by atoms with Crippen LogP contribution in [0.5, 0.6) is 11.6 Å². The van der Waals surface area contributed by atoms with Crippen molar-refractivity contribution in [3.8, 4) is 11.6 Å². The monoisotopic (exact) mass is 383 g/mol. The molecule has 1 aromatic heterocycles. The van der Waals surface area contributed by atoms with Crippen molar-refractivity contribution >= 4 is 6.03 Å². The van der Waals surface area contributed by atoms with Crippen LogP contribution in [-0.4, -0.2) is 48.0 Å². The smallest absolute Gasteiger partial charge is 0.319 e. The Balaban J connectivity index is 0.000000205. The Kier molecular flexibility index (Phi) is 7.38. The molecule has 2 aliphatic heterocycles. The average Bonchev–Trinajstić information content (AvgIpc) is 2.70. The summed E-state index contributed by atoms with van der Waals surface area (Å²) in [5.41, 5.74) is 0. The first kappa shape index (κ1) is 17.6. The normalized spacial score (nSPS) is 17.1. The van der Waals surface area contributed by atoms with Crippen molar-refractivity contribution in [3.05, 3.63) is 18.3 Å². The van der Waals surface area contributed by atoms with Gasteiger partial charge in [-0.25, -0.2) is 9.78 Å². The molecule has 0 aromatic carbocycles. The van der Waals surface area contributed by atoms with Crippen molar-refractivity contribution in [1.29, 1.82) is 0 Å². The number of urea groups is 1. The molecular formula is C11H15MoN3O6. The molecule has 2 aliphatic rings. The Morgan fingerprint density at radius 1 is 1.10 bits per heavy atom. The molecule has 0 atom stereocenters. The summed E-state index contributed by atoms with van der Waals surface area (Å²) in [6.45, 7) is 1.81. The van der Waals surface area contributed by atoms with Gasteiger partial charge in [0.1, 0.15) is 0 Å². The Morgan fingerprint density at radius 3 is 2.43 bits per heavy atom. The molecule has 0 aliphatic carbocycles. The largest absolute Gasteiger partial charge is 0.328 e. The third-order valence-corrected chi connectivity index (χ3v) is 2.67. The van der Waals surface area contributed by atoms with E-state index in [1.165, 1.54) is 6.20 Å². The SMILES string of the molecule is CN1CCCN(C)C1=O.[Mo].c1cnc2c(c1)OOOOO2. The zero-order chi connectivity index (χ0) is 14.4. The van der Waals surface area contributed by atoms with Crippen LogP contribution in [0.3, 0.4) is 0 Å². The van der Waals surface area contributed by atoms with Gasteiger partial charge in [-0.1, -0.05) is 0 Å². The van der Waals surface area contributed by atoms with E-state index in [-0.39, 0.29) is 38.7 Å². The van der Waals surface area contributed by atoms with Crippen LogP contribution in [0, 0.1) is 0 Å². The molecule has 9 nitrogen and oxygen atoms in total. The fraction of sp³-hybridized carbons (Fsp3) is 0.455. The molecule has 0 bridgehead atoms. The van der Waals surface area contributed by atoms with Crippen LogP contribution in [0.15, 0.2) is 18.3 Å². The van der Waals surface area contributed by atoms with Crippen LogP contribution in [0.2, 0.25) is 0 Å². The first-order valence-corrected chi connectivity index (χ1v) is 5.94. The Morgan fingerprint density at radius 2 is 1.76 bits per heavy atom. The number of rotatable bonds is 0. The molecule has 0 unspecified atom stereocenters. The molecule has 116 valence electrons. The van der Waals surface area contributed by atoms with E-state index in [2.05, 4.69) is 29.9 Å². The number of amides is 2. The van der Waals surface area contributed by atoms with E-state index in [0.29, 0.717) is 0 Å². The van der Waals surface area contributed by atoms with Gasteiger partial charge >= 0.3 is 11.9 Å². The van der Waals surface area contributed by atoms with Gasteiger partial charge in [0.25, 0.3) is 0 Å². The summed E-state index contributed by atoms with van der Waals surface area (Å²) in [6, 6.07) is 3.37. The maximum atomic E-state index is 11.0. The fourth-order valence-electron chi connectivity index (χ4n) is 1.64. The maximum absolute atomic E-state index is 11.0. The van der Waals surface area contributed by atoms with Gasteiger partial charge in [-0.15, -0.1) is 0 Å². The van der Waals surface area contributed by atoms with E-state index >= 15 is 0 Å². The zero-order valence-corrected chi connectivity index (χ0v) is 13.6. The summed E-state index contributed by atoms with van der Waals surface area (Å²) >= 11 is 0. The van der Waals surface area contributed by atoms with Crippen LogP contribution in [0.25, 0.3) is 0 Å². The molecule has 0 N–H and O–H groups in total. The molecule has 10 heteroatoms. The van der Waals surface area contributed by atoms with Gasteiger partial charge in [0.2, 0.25) is 5.75 Å². The molecule has 0 spiro atoms. The van der Waals surface area contributed by atoms with Crippen molar-refractivity contribution in [1.82, 2.24) is 14.8 Å². The third-order valence-electron chi connectivity index (χ3n) is 2.67. The van der Waals surface area contributed by atoms with Crippen LogP contribution in [-0.2, 0) is 36.2 Å². The van der Waals surface area contributed by atoms with Gasteiger partial charge in [-0.3, -0.25) is 4.89 Å². The number of hydrogen-bond donors (Lipinski definition) is 0. The number of fused-ring (bicyclic) bond motifs is 1. The number of carbonyl (C=O) groups excluding carboxylic acids is 1. The third kappa shape index (κ3) is 5.13. The van der Waals surface area contributed by atoms with Crippen LogP contribution in [0.4, 0.5) is 4.79 Å². The summed E-state index contributed by atoms with van der Waals surface area (Å²) in [4.78, 5) is 27.2. The molecule has 1 aromatic rings. The minimum atomic E-state index is 0. The second-order valence-corrected chi connectivity index (χ2v) is 4.16. The molecule has 1 saturated heterocycles. The first-order chi connectivity index (χ1) is 9.68. The van der Waals surface area contributed by atoms with Crippen LogP contribution in [0.1, 0.15) is 6.42 Å². The van der Waals surface area contributed by atoms with Crippen molar-refractivity contribution in [2.45, 2.75) is 6.42 Å². The molecular weight excluding hydrogens is 366 g/mol. The summed E-state index contributed by atoms with van der Waals surface area (Å²) in [7, 11) is 3.66. The fourth-order valence-corrected chi connectivity index (χ4v) is 1.64. The van der Waals surface area contributed by atoms with Crippen LogP contribution >= 0.6 is 0 Å². The Hall–Kier alpha value is -1.41. The molecule has 0 saturated carbocycles. The zero-order valence-electron chi connectivity index (χ0n) is 11.6. The summed E-state index contributed by atoms with van der Waals surface area (Å²) in [5, 5.41) is 11.9. The number of hydrogen-bond acceptors (Lipinski definition) is 7. The summed E-state index contributed by atoms with van der Waals surface area (Å²) in [5.74, 6) is 0.426. The van der Waals surface area contributed by atoms with Crippen molar-refractivity contribution in [2.75, 3.05) is 27.2 Å². The Labute approximate surface area is 135 Å². The summed E-state index contributed by atoms with van der Waals surface area (Å²) < 4.78 is 0. The number of aromatic nitrogens is 1. The Bertz CT molecular complexity index is 426. The molecule has 21 heavy (non-hydrogen) atoms. The quantitative estimate of drug-likeness (QED) is 0.489. The molecule has 0 radical (unpaired) electrons. The average molecular weight is 381 g/mol. The van der Waals surface area contributed by atoms with Gasteiger partial charge in [0.05, 0.1) is 0 Å². The predicted molar refractivity (Wildman–Crippen MR) is 64.0 cm³/mol. The van der Waals surface area contributed by atoms with Crippen molar-refractivity contribution in [3.63, 3.8) is 0 Å². The maximum Gasteiger partial charge on any atom is 0.319 e. The molecule has 1 fully saturated rings. The molecule has 3 heterocycles. The van der Waals surface area contributed by atoms with Gasteiger partial charge in [-0.2, -0.15) is 0 Å². The van der Waals surface area contributed by atoms with E-state index < -0.39 is 0 Å². The van der Waals surface area contributed by atoms with E-state index in [9.17, 15) is 4.79 Å². The number of carbonyl (C=O) groups is 1. The number of pyridine rings is 1. The molecule has 3 rings (SSSR count). The standard InChI is InChI=1S/C6H12N2O.C5H3NO5.Mo/c1-7-4-3-5-8(2)6(7)9;1-2-4-5(6-3-1)8-10-11-9-7-4;/h3-5H2,1-2H3;1-3H;. The second kappa shape index (κ2) is 8.78. The topological polar surface area (TPSA) is 82.6 Å². The first-order valence-electron chi connectivity index (χ1n) is 5.94. The van der Waals surface area contributed by atoms with E-state index in [4.69, 9.17) is 0 Å². The van der Waals surface area contributed by atoms with Gasteiger partial charge in [-0.05, 0) is 18.6 Å². The minimum Gasteiger partial charge on any atom is -0.328 e. The predicted octanol–water partition coefficient (Wildman–Crippen LogP) is 0.934. The van der Waals surface area contributed by atoms with Crippen LogP contribution < -0.4 is 9.78 Å². The summed E-state index contributed by atoms with van der Waals surface area (Å²) in [6.07, 6.45) is 2.61. The second-order valence-electron chi connectivity index (χ2n) is 4.16. The minimum absolute atomic E-state index is 0. The van der Waals surface area contributed by atoms with E-state index in [1.54, 1.807) is 21.9 Å². The van der Waals surface area contributed by atoms with Gasteiger partial charge in [0, 0.05) is 69.6 Å². The van der Waals surface area contributed by atoms with Crippen molar-refractivity contribution < 1.29 is 50.7 Å². The van der Waals surface area contributed by atoms with E-state index in [0.717, 1.165) is 19.5 Å². The van der Waals surface area contributed by atoms with Gasteiger partial charge < -0.3 is 14.7 Å². The van der Waals surface area contributed by atoms with E-state index in [1.807, 2.05) is 14.1 Å². The number of nitrogens with zero attached hydrogens (tertiary/aromatic N) is 3.